The third-order valence-corrected chi connectivity index (χ3v) is 6.07. The van der Waals surface area contributed by atoms with Crippen molar-refractivity contribution in [2.24, 2.45) is 0 Å². The van der Waals surface area contributed by atoms with Crippen molar-refractivity contribution in [3.8, 4) is 11.1 Å². The number of nitrogens with one attached hydrogen (secondary N) is 2. The fourth-order valence-electron chi connectivity index (χ4n) is 4.09. The van der Waals surface area contributed by atoms with Gasteiger partial charge in [-0.25, -0.2) is 0 Å². The lowest BCUT2D eigenvalue weighted by Gasteiger charge is -2.21. The van der Waals surface area contributed by atoms with Crippen molar-refractivity contribution in [3.63, 3.8) is 0 Å². The Balaban J connectivity index is 1.83. The first-order chi connectivity index (χ1) is 17.9. The van der Waals surface area contributed by atoms with E-state index in [0.29, 0.717) is 11.3 Å². The molecule has 0 spiro atoms. The molecule has 3 rings (SSSR count). The second-order valence-electron chi connectivity index (χ2n) is 9.09. The van der Waals surface area contributed by atoms with Gasteiger partial charge in [0.15, 0.2) is 0 Å². The molecule has 0 saturated heterocycles. The van der Waals surface area contributed by atoms with Crippen LogP contribution in [0.25, 0.3) is 22.3 Å². The molecular formula is C31H37N5O. The predicted molar refractivity (Wildman–Crippen MR) is 156 cm³/mol. The number of allylic oxidation sites excluding steroid dienone is 1. The van der Waals surface area contributed by atoms with Crippen LogP contribution in [0.5, 0.6) is 0 Å². The minimum absolute atomic E-state index is 0.289. The van der Waals surface area contributed by atoms with E-state index >= 15 is 0 Å². The van der Waals surface area contributed by atoms with E-state index in [2.05, 4.69) is 58.2 Å². The van der Waals surface area contributed by atoms with Crippen molar-refractivity contribution >= 4 is 28.4 Å². The van der Waals surface area contributed by atoms with Crippen LogP contribution in [0.1, 0.15) is 43.5 Å². The molecule has 0 aliphatic rings. The number of rotatable bonds is 13. The molecule has 0 atom stereocenters. The zero-order valence-electron chi connectivity index (χ0n) is 22.2. The lowest BCUT2D eigenvalue weighted by Crippen LogP contribution is -2.25. The van der Waals surface area contributed by atoms with Gasteiger partial charge in [0, 0.05) is 54.9 Å². The summed E-state index contributed by atoms with van der Waals surface area (Å²) in [5, 5.41) is 6.06. The molecule has 0 bridgehead atoms. The number of nitrogens with zero attached hydrogens (tertiary/aromatic N) is 3. The third-order valence-electron chi connectivity index (χ3n) is 6.07. The fourth-order valence-corrected chi connectivity index (χ4v) is 4.09. The number of benzene rings is 1. The summed E-state index contributed by atoms with van der Waals surface area (Å²) in [6, 6.07) is 11.8. The number of hydrogen-bond donors (Lipinski definition) is 2. The number of pyridine rings is 2. The van der Waals surface area contributed by atoms with Crippen LogP contribution in [-0.4, -0.2) is 40.9 Å². The van der Waals surface area contributed by atoms with Crippen LogP contribution in [0, 0.1) is 0 Å². The van der Waals surface area contributed by atoms with Gasteiger partial charge in [-0.05, 0) is 73.3 Å². The van der Waals surface area contributed by atoms with E-state index in [4.69, 9.17) is 0 Å². The van der Waals surface area contributed by atoms with Crippen molar-refractivity contribution in [3.05, 3.63) is 97.6 Å². The maximum atomic E-state index is 13.1. The largest absolute Gasteiger partial charge is 0.388 e. The summed E-state index contributed by atoms with van der Waals surface area (Å²) < 4.78 is 0. The zero-order valence-corrected chi connectivity index (χ0v) is 22.2. The normalized spacial score (nSPS) is 10.7. The maximum Gasteiger partial charge on any atom is 0.255 e. The minimum Gasteiger partial charge on any atom is -0.388 e. The summed E-state index contributed by atoms with van der Waals surface area (Å²) in [7, 11) is 1.83. The van der Waals surface area contributed by atoms with Gasteiger partial charge in [-0.2, -0.15) is 0 Å². The predicted octanol–water partition coefficient (Wildman–Crippen LogP) is 6.66. The highest BCUT2D eigenvalue weighted by Gasteiger charge is 2.16. The molecule has 0 aliphatic heterocycles. The first-order valence-electron chi connectivity index (χ1n) is 12.6. The average molecular weight is 496 g/mol. The van der Waals surface area contributed by atoms with E-state index in [0.717, 1.165) is 71.7 Å². The molecule has 2 aromatic heterocycles. The van der Waals surface area contributed by atoms with Crippen LogP contribution >= 0.6 is 0 Å². The minimum atomic E-state index is -0.289. The lowest BCUT2D eigenvalue weighted by molar-refractivity contribution is -0.111. The molecule has 0 fully saturated rings. The van der Waals surface area contributed by atoms with Crippen LogP contribution in [0.2, 0.25) is 0 Å². The first-order valence-corrected chi connectivity index (χ1v) is 12.6. The smallest absolute Gasteiger partial charge is 0.255 e. The monoisotopic (exact) mass is 495 g/mol. The van der Waals surface area contributed by atoms with E-state index in [1.807, 2.05) is 62.8 Å². The zero-order chi connectivity index (χ0) is 26.8. The Kier molecular flexibility index (Phi) is 9.92. The Bertz CT molecular complexity index is 1260. The van der Waals surface area contributed by atoms with Gasteiger partial charge >= 0.3 is 0 Å². The third kappa shape index (κ3) is 7.48. The number of carbonyl (C=O) groups excluding carboxylic acids is 1. The molecule has 1 amide bonds. The highest BCUT2D eigenvalue weighted by Crippen LogP contribution is 2.30. The van der Waals surface area contributed by atoms with Gasteiger partial charge in [0.05, 0.1) is 17.6 Å². The molecule has 2 heterocycles. The highest BCUT2D eigenvalue weighted by molar-refractivity contribution is 6.25. The van der Waals surface area contributed by atoms with Crippen molar-refractivity contribution in [2.75, 3.05) is 30.8 Å². The van der Waals surface area contributed by atoms with Gasteiger partial charge in [0.2, 0.25) is 0 Å². The van der Waals surface area contributed by atoms with Crippen LogP contribution in [0.15, 0.2) is 80.8 Å². The highest BCUT2D eigenvalue weighted by atomic mass is 16.1. The molecule has 37 heavy (non-hydrogen) atoms. The molecule has 0 aliphatic carbocycles. The quantitative estimate of drug-likeness (QED) is 0.205. The van der Waals surface area contributed by atoms with E-state index in [1.54, 1.807) is 6.20 Å². The van der Waals surface area contributed by atoms with E-state index < -0.39 is 0 Å². The summed E-state index contributed by atoms with van der Waals surface area (Å²) in [6.07, 6.45) is 9.41. The number of aromatic nitrogens is 2. The summed E-state index contributed by atoms with van der Waals surface area (Å²) in [6.45, 7) is 18.8. The van der Waals surface area contributed by atoms with Crippen molar-refractivity contribution in [2.45, 2.75) is 33.2 Å². The fraction of sp³-hybridized carbons (Fsp3) is 0.258. The molecule has 6 heteroatoms. The summed E-state index contributed by atoms with van der Waals surface area (Å²) in [5.41, 5.74) is 7.28. The molecular weight excluding hydrogens is 458 g/mol. The number of amides is 1. The van der Waals surface area contributed by atoms with E-state index in [-0.39, 0.29) is 5.91 Å². The maximum absolute atomic E-state index is 13.1. The van der Waals surface area contributed by atoms with Gasteiger partial charge in [-0.15, -0.1) is 6.58 Å². The molecule has 3 aromatic rings. The van der Waals surface area contributed by atoms with Gasteiger partial charge in [-0.1, -0.05) is 32.2 Å². The Hall–Kier alpha value is -4.03. The average Bonchev–Trinajstić information content (AvgIpc) is 2.91. The van der Waals surface area contributed by atoms with Crippen LogP contribution in [0.4, 0.5) is 11.4 Å². The van der Waals surface area contributed by atoms with Crippen LogP contribution in [0.3, 0.4) is 0 Å². The van der Waals surface area contributed by atoms with E-state index in [9.17, 15) is 4.79 Å². The molecule has 1 aromatic carbocycles. The topological polar surface area (TPSA) is 70.2 Å². The Morgan fingerprint density at radius 3 is 2.51 bits per heavy atom. The molecule has 0 radical (unpaired) electrons. The number of hydrogen-bond acceptors (Lipinski definition) is 5. The first kappa shape index (κ1) is 27.6. The van der Waals surface area contributed by atoms with Gasteiger partial charge in [0.1, 0.15) is 0 Å². The molecule has 6 nitrogen and oxygen atoms in total. The molecule has 192 valence electrons. The Morgan fingerprint density at radius 2 is 1.86 bits per heavy atom. The lowest BCUT2D eigenvalue weighted by atomic mass is 9.97. The second kappa shape index (κ2) is 13.3. The molecule has 0 unspecified atom stereocenters. The van der Waals surface area contributed by atoms with Crippen LogP contribution in [-0.2, 0) is 11.3 Å². The van der Waals surface area contributed by atoms with Gasteiger partial charge in [0.25, 0.3) is 5.91 Å². The molecule has 0 saturated carbocycles. The van der Waals surface area contributed by atoms with Gasteiger partial charge < -0.3 is 10.6 Å². The molecule has 2 N–H and O–H groups in total. The van der Waals surface area contributed by atoms with Crippen molar-refractivity contribution in [1.82, 2.24) is 14.9 Å². The van der Waals surface area contributed by atoms with Crippen molar-refractivity contribution in [1.29, 1.82) is 0 Å². The van der Waals surface area contributed by atoms with Crippen molar-refractivity contribution < 1.29 is 4.79 Å². The summed E-state index contributed by atoms with van der Waals surface area (Å²) in [5.74, 6) is -0.289. The number of carbonyl (C=O) groups is 1. The number of anilines is 2. The van der Waals surface area contributed by atoms with E-state index in [1.165, 1.54) is 0 Å². The Morgan fingerprint density at radius 1 is 1.05 bits per heavy atom. The second-order valence-corrected chi connectivity index (χ2v) is 9.09. The SMILES string of the molecule is C=CCCN(CCC)Cc1cncc(-c2ccc(NC)c(C(=C)C(=O)Nc3ccc(C(=C)C)nc3)c2)c1. The Labute approximate surface area is 220 Å². The summed E-state index contributed by atoms with van der Waals surface area (Å²) in [4.78, 5) is 24.3. The summed E-state index contributed by atoms with van der Waals surface area (Å²) >= 11 is 0. The van der Waals surface area contributed by atoms with Crippen LogP contribution < -0.4 is 10.6 Å². The van der Waals surface area contributed by atoms with Gasteiger partial charge in [-0.3, -0.25) is 19.7 Å². The standard InChI is InChI=1S/C31H37N5O/c1-7-9-15-36(14-8-2)21-24-16-26(19-33-18-24)25-10-12-30(32-6)28(17-25)23(5)31(37)35-27-11-13-29(22(3)4)34-20-27/h7,10-13,16-20,32H,1,3,5,8-9,14-15,21H2,2,4,6H3,(H,35,37).